The quantitative estimate of drug-likeness (QED) is 0.791. The average molecular weight is 254 g/mol. The first-order chi connectivity index (χ1) is 8.29. The van der Waals surface area contributed by atoms with Crippen LogP contribution in [0.2, 0.25) is 0 Å². The van der Waals surface area contributed by atoms with Crippen LogP contribution in [0.15, 0.2) is 0 Å². The van der Waals surface area contributed by atoms with E-state index in [2.05, 4.69) is 25.7 Å². The summed E-state index contributed by atoms with van der Waals surface area (Å²) >= 11 is 0. The van der Waals surface area contributed by atoms with Crippen LogP contribution in [0.5, 0.6) is 0 Å². The fraction of sp³-hybridized carbons (Fsp3) is 0.846. The molecule has 0 bridgehead atoms. The summed E-state index contributed by atoms with van der Waals surface area (Å²) < 4.78 is 0. The van der Waals surface area contributed by atoms with Crippen LogP contribution in [-0.2, 0) is 9.59 Å². The highest BCUT2D eigenvalue weighted by atomic mass is 16.4. The van der Waals surface area contributed by atoms with Crippen molar-refractivity contribution in [2.75, 3.05) is 19.6 Å². The third kappa shape index (κ3) is 2.51. The lowest BCUT2D eigenvalue weighted by molar-refractivity contribution is -0.141. The minimum atomic E-state index is -0.850. The summed E-state index contributed by atoms with van der Waals surface area (Å²) in [6, 6.07) is 0.195. The molecule has 2 rings (SSSR count). The van der Waals surface area contributed by atoms with Crippen LogP contribution in [-0.4, -0.2) is 58.0 Å². The Morgan fingerprint density at radius 1 is 1.33 bits per heavy atom. The number of hydrogen-bond acceptors (Lipinski definition) is 3. The maximum absolute atomic E-state index is 11.9. The minimum absolute atomic E-state index is 0.00293. The first-order valence-electron chi connectivity index (χ1n) is 6.56. The Labute approximate surface area is 108 Å². The summed E-state index contributed by atoms with van der Waals surface area (Å²) in [7, 11) is 0. The van der Waals surface area contributed by atoms with E-state index in [9.17, 15) is 9.59 Å². The lowest BCUT2D eigenvalue weighted by Crippen LogP contribution is -2.44. The van der Waals surface area contributed by atoms with Gasteiger partial charge in [-0.2, -0.15) is 0 Å². The van der Waals surface area contributed by atoms with Gasteiger partial charge in [-0.05, 0) is 27.2 Å². The predicted molar refractivity (Wildman–Crippen MR) is 67.2 cm³/mol. The molecule has 0 radical (unpaired) electrons. The Balaban J connectivity index is 1.98. The molecule has 1 amide bonds. The highest BCUT2D eigenvalue weighted by molar-refractivity contribution is 5.86. The number of carbonyl (C=O) groups excluding carboxylic acids is 1. The lowest BCUT2D eigenvalue weighted by atomic mass is 10.1. The van der Waals surface area contributed by atoms with Crippen molar-refractivity contribution in [3.8, 4) is 0 Å². The van der Waals surface area contributed by atoms with Crippen LogP contribution in [0, 0.1) is 5.92 Å². The summed E-state index contributed by atoms with van der Waals surface area (Å²) in [5, 5.41) is 8.98. The molecule has 2 unspecified atom stereocenters. The normalized spacial score (nSPS) is 30.2. The van der Waals surface area contributed by atoms with Crippen molar-refractivity contribution in [2.24, 2.45) is 5.92 Å². The van der Waals surface area contributed by atoms with Gasteiger partial charge in [-0.3, -0.25) is 14.5 Å². The first-order valence-corrected chi connectivity index (χ1v) is 6.56. The van der Waals surface area contributed by atoms with Crippen molar-refractivity contribution in [1.29, 1.82) is 0 Å². The maximum Gasteiger partial charge on any atom is 0.308 e. The minimum Gasteiger partial charge on any atom is -0.481 e. The number of likely N-dealkylation sites (tertiary alicyclic amines) is 2. The average Bonchev–Trinajstić information content (AvgIpc) is 2.81. The molecule has 5 heteroatoms. The number of carboxylic acid groups (broad SMARTS) is 1. The van der Waals surface area contributed by atoms with Gasteiger partial charge in [0.2, 0.25) is 5.91 Å². The molecule has 2 aliphatic rings. The molecule has 2 fully saturated rings. The fourth-order valence-corrected chi connectivity index (χ4v) is 2.86. The second-order valence-corrected chi connectivity index (χ2v) is 6.34. The van der Waals surface area contributed by atoms with Gasteiger partial charge in [0.25, 0.3) is 0 Å². The molecule has 0 aromatic rings. The summed E-state index contributed by atoms with van der Waals surface area (Å²) in [5.74, 6) is -1.36. The lowest BCUT2D eigenvalue weighted by Gasteiger charge is -2.32. The van der Waals surface area contributed by atoms with Gasteiger partial charge in [0.15, 0.2) is 0 Å². The van der Waals surface area contributed by atoms with E-state index in [-0.39, 0.29) is 23.9 Å². The zero-order valence-electron chi connectivity index (χ0n) is 11.3. The Morgan fingerprint density at radius 3 is 2.44 bits per heavy atom. The number of aliphatic carboxylic acids is 1. The van der Waals surface area contributed by atoms with Crippen molar-refractivity contribution in [1.82, 2.24) is 9.80 Å². The second-order valence-electron chi connectivity index (χ2n) is 6.34. The smallest absolute Gasteiger partial charge is 0.308 e. The number of nitrogens with zero attached hydrogens (tertiary/aromatic N) is 2. The van der Waals surface area contributed by atoms with Crippen molar-refractivity contribution < 1.29 is 14.7 Å². The van der Waals surface area contributed by atoms with E-state index in [0.717, 1.165) is 19.5 Å². The third-order valence-corrected chi connectivity index (χ3v) is 4.06. The predicted octanol–water partition coefficient (Wildman–Crippen LogP) is 0.792. The van der Waals surface area contributed by atoms with Crippen LogP contribution in [0.4, 0.5) is 0 Å². The zero-order valence-corrected chi connectivity index (χ0v) is 11.3. The molecule has 0 aromatic heterocycles. The standard InChI is InChI=1S/C13H22N2O3/c1-13(2,3)14-5-4-10(8-14)15-7-9(12(17)18)6-11(15)16/h9-10H,4-8H2,1-3H3,(H,17,18). The van der Waals surface area contributed by atoms with E-state index >= 15 is 0 Å². The van der Waals surface area contributed by atoms with Gasteiger partial charge >= 0.3 is 5.97 Å². The van der Waals surface area contributed by atoms with Crippen molar-refractivity contribution in [3.63, 3.8) is 0 Å². The number of amides is 1. The Morgan fingerprint density at radius 2 is 2.00 bits per heavy atom. The molecular formula is C13H22N2O3. The third-order valence-electron chi connectivity index (χ3n) is 4.06. The molecule has 102 valence electrons. The number of carboxylic acids is 1. The van der Waals surface area contributed by atoms with Gasteiger partial charge in [0.05, 0.1) is 5.92 Å². The molecule has 1 N–H and O–H groups in total. The first kappa shape index (κ1) is 13.3. The highest BCUT2D eigenvalue weighted by Gasteiger charge is 2.41. The van der Waals surface area contributed by atoms with Gasteiger partial charge < -0.3 is 10.0 Å². The van der Waals surface area contributed by atoms with Crippen LogP contribution < -0.4 is 0 Å². The number of hydrogen-bond donors (Lipinski definition) is 1. The number of rotatable bonds is 2. The van der Waals surface area contributed by atoms with Gasteiger partial charge in [0, 0.05) is 37.6 Å². The molecular weight excluding hydrogens is 232 g/mol. The van der Waals surface area contributed by atoms with E-state index in [1.54, 1.807) is 4.90 Å². The molecule has 2 aliphatic heterocycles. The van der Waals surface area contributed by atoms with Crippen molar-refractivity contribution in [3.05, 3.63) is 0 Å². The largest absolute Gasteiger partial charge is 0.481 e. The maximum atomic E-state index is 11.9. The molecule has 5 nitrogen and oxygen atoms in total. The monoisotopic (exact) mass is 254 g/mol. The topological polar surface area (TPSA) is 60.9 Å². The Kier molecular flexibility index (Phi) is 3.36. The van der Waals surface area contributed by atoms with Gasteiger partial charge in [-0.1, -0.05) is 0 Å². The van der Waals surface area contributed by atoms with Gasteiger partial charge in [-0.25, -0.2) is 0 Å². The Hall–Kier alpha value is -1.10. The van der Waals surface area contributed by atoms with Gasteiger partial charge in [0.1, 0.15) is 0 Å². The van der Waals surface area contributed by atoms with Crippen LogP contribution in [0.25, 0.3) is 0 Å². The van der Waals surface area contributed by atoms with Crippen molar-refractivity contribution >= 4 is 11.9 Å². The van der Waals surface area contributed by atoms with E-state index in [1.165, 1.54) is 0 Å². The van der Waals surface area contributed by atoms with E-state index in [0.29, 0.717) is 6.54 Å². The fourth-order valence-electron chi connectivity index (χ4n) is 2.86. The van der Waals surface area contributed by atoms with Crippen molar-refractivity contribution in [2.45, 2.75) is 45.2 Å². The van der Waals surface area contributed by atoms with Crippen LogP contribution in [0.1, 0.15) is 33.6 Å². The second kappa shape index (κ2) is 4.53. The molecule has 0 aromatic carbocycles. The van der Waals surface area contributed by atoms with E-state index in [4.69, 9.17) is 5.11 Å². The molecule has 2 heterocycles. The zero-order chi connectivity index (χ0) is 13.5. The van der Waals surface area contributed by atoms with Gasteiger partial charge in [-0.15, -0.1) is 0 Å². The SMILES string of the molecule is CC(C)(C)N1CCC(N2CC(C(=O)O)CC2=O)C1. The molecule has 0 aliphatic carbocycles. The Bertz CT molecular complexity index is 362. The molecule has 0 spiro atoms. The molecule has 18 heavy (non-hydrogen) atoms. The molecule has 2 saturated heterocycles. The van der Waals surface area contributed by atoms with E-state index in [1.807, 2.05) is 0 Å². The van der Waals surface area contributed by atoms with Crippen LogP contribution >= 0.6 is 0 Å². The summed E-state index contributed by atoms with van der Waals surface area (Å²) in [4.78, 5) is 27.0. The summed E-state index contributed by atoms with van der Waals surface area (Å²) in [6.45, 7) is 8.73. The van der Waals surface area contributed by atoms with Crippen LogP contribution in [0.3, 0.4) is 0 Å². The summed E-state index contributed by atoms with van der Waals surface area (Å²) in [6.07, 6.45) is 1.12. The molecule has 0 saturated carbocycles. The summed E-state index contributed by atoms with van der Waals surface area (Å²) in [5.41, 5.74) is 0.115. The van der Waals surface area contributed by atoms with E-state index < -0.39 is 11.9 Å². The molecule has 2 atom stereocenters. The number of carbonyl (C=O) groups is 2. The highest BCUT2D eigenvalue weighted by Crippen LogP contribution is 2.28.